The lowest BCUT2D eigenvalue weighted by molar-refractivity contribution is 0.0919. The Labute approximate surface area is 154 Å². The van der Waals surface area contributed by atoms with Gasteiger partial charge < -0.3 is 5.32 Å². The first kappa shape index (κ1) is 16.2. The van der Waals surface area contributed by atoms with Gasteiger partial charge in [0.05, 0.1) is 17.5 Å². The molecule has 0 radical (unpaired) electrons. The van der Waals surface area contributed by atoms with E-state index in [-0.39, 0.29) is 5.91 Å². The maximum absolute atomic E-state index is 12.9. The van der Waals surface area contributed by atoms with Crippen LogP contribution in [0.1, 0.15) is 22.3 Å². The molecule has 0 saturated carbocycles. The summed E-state index contributed by atoms with van der Waals surface area (Å²) < 4.78 is 2.77. The van der Waals surface area contributed by atoms with E-state index in [0.717, 1.165) is 46.1 Å². The molecule has 0 aliphatic carbocycles. The summed E-state index contributed by atoms with van der Waals surface area (Å²) in [4.78, 5) is 17.4. The molecular weight excluding hydrogens is 378 g/mol. The third-order valence-corrected chi connectivity index (χ3v) is 5.04. The van der Waals surface area contributed by atoms with Gasteiger partial charge in [-0.25, -0.2) is 0 Å². The van der Waals surface area contributed by atoms with Crippen LogP contribution in [0.15, 0.2) is 59.3 Å². The number of nitrogens with one attached hydrogen (secondary N) is 1. The lowest BCUT2D eigenvalue weighted by atomic mass is 10.0. The van der Waals surface area contributed by atoms with Gasteiger partial charge in [-0.05, 0) is 48.4 Å². The van der Waals surface area contributed by atoms with Gasteiger partial charge in [-0.15, -0.1) is 0 Å². The normalized spacial score (nSPS) is 14.5. The van der Waals surface area contributed by atoms with Crippen LogP contribution in [-0.4, -0.2) is 28.5 Å². The van der Waals surface area contributed by atoms with E-state index < -0.39 is 0 Å². The van der Waals surface area contributed by atoms with E-state index in [1.807, 2.05) is 42.6 Å². The molecule has 0 bridgehead atoms. The Hall–Kier alpha value is -2.24. The third kappa shape index (κ3) is 3.30. The SMILES string of the molecule is O=C(Cc1ccc(Br)cc1)n1cc(C2=CCNCC2)c2ncccc21. The van der Waals surface area contributed by atoms with Crippen LogP contribution in [0.2, 0.25) is 0 Å². The van der Waals surface area contributed by atoms with E-state index in [4.69, 9.17) is 0 Å². The van der Waals surface area contributed by atoms with Gasteiger partial charge >= 0.3 is 0 Å². The van der Waals surface area contributed by atoms with E-state index in [1.54, 1.807) is 10.8 Å². The van der Waals surface area contributed by atoms with Crippen molar-refractivity contribution in [1.82, 2.24) is 14.9 Å². The zero-order chi connectivity index (χ0) is 17.2. The van der Waals surface area contributed by atoms with Crippen LogP contribution in [0.25, 0.3) is 16.6 Å². The fourth-order valence-electron chi connectivity index (χ4n) is 3.23. The van der Waals surface area contributed by atoms with Gasteiger partial charge in [0.15, 0.2) is 0 Å². The molecule has 126 valence electrons. The maximum Gasteiger partial charge on any atom is 0.235 e. The van der Waals surface area contributed by atoms with Gasteiger partial charge in [-0.3, -0.25) is 14.3 Å². The fourth-order valence-corrected chi connectivity index (χ4v) is 3.49. The number of hydrogen-bond donors (Lipinski definition) is 1. The van der Waals surface area contributed by atoms with E-state index in [9.17, 15) is 4.79 Å². The van der Waals surface area contributed by atoms with Crippen molar-refractivity contribution in [2.75, 3.05) is 13.1 Å². The summed E-state index contributed by atoms with van der Waals surface area (Å²) in [6.07, 6.45) is 7.26. The Morgan fingerprint density at radius 2 is 2.08 bits per heavy atom. The molecule has 25 heavy (non-hydrogen) atoms. The molecular formula is C20H18BrN3O. The molecule has 0 fully saturated rings. The largest absolute Gasteiger partial charge is 0.313 e. The van der Waals surface area contributed by atoms with Crippen molar-refractivity contribution in [3.8, 4) is 0 Å². The summed E-state index contributed by atoms with van der Waals surface area (Å²) in [5, 5.41) is 3.32. The average Bonchev–Trinajstić information content (AvgIpc) is 3.04. The Balaban J connectivity index is 1.72. The lowest BCUT2D eigenvalue weighted by Crippen LogP contribution is -2.20. The second-order valence-electron chi connectivity index (χ2n) is 6.16. The molecule has 4 rings (SSSR count). The molecule has 4 nitrogen and oxygen atoms in total. The molecule has 0 atom stereocenters. The highest BCUT2D eigenvalue weighted by molar-refractivity contribution is 9.10. The van der Waals surface area contributed by atoms with Crippen LogP contribution in [0, 0.1) is 0 Å². The van der Waals surface area contributed by atoms with Crippen molar-refractivity contribution >= 4 is 38.4 Å². The molecule has 1 aliphatic rings. The first-order valence-electron chi connectivity index (χ1n) is 8.36. The molecule has 0 amide bonds. The van der Waals surface area contributed by atoms with Crippen molar-refractivity contribution in [2.24, 2.45) is 0 Å². The van der Waals surface area contributed by atoms with Crippen molar-refractivity contribution in [2.45, 2.75) is 12.8 Å². The van der Waals surface area contributed by atoms with E-state index >= 15 is 0 Å². The van der Waals surface area contributed by atoms with Crippen molar-refractivity contribution < 1.29 is 4.79 Å². The highest BCUT2D eigenvalue weighted by atomic mass is 79.9. The number of aromatic nitrogens is 2. The summed E-state index contributed by atoms with van der Waals surface area (Å²) in [7, 11) is 0. The second kappa shape index (κ2) is 6.94. The summed E-state index contributed by atoms with van der Waals surface area (Å²) in [6, 6.07) is 11.7. The van der Waals surface area contributed by atoms with Gasteiger partial charge in [-0.1, -0.05) is 34.1 Å². The molecule has 0 unspecified atom stereocenters. The van der Waals surface area contributed by atoms with Gasteiger partial charge in [0.25, 0.3) is 0 Å². The highest BCUT2D eigenvalue weighted by Gasteiger charge is 2.18. The minimum absolute atomic E-state index is 0.0566. The molecule has 5 heteroatoms. The van der Waals surface area contributed by atoms with Gasteiger partial charge in [0, 0.05) is 29.0 Å². The third-order valence-electron chi connectivity index (χ3n) is 4.51. The zero-order valence-corrected chi connectivity index (χ0v) is 15.3. The van der Waals surface area contributed by atoms with Crippen molar-refractivity contribution in [1.29, 1.82) is 0 Å². The Morgan fingerprint density at radius 3 is 2.84 bits per heavy atom. The van der Waals surface area contributed by atoms with E-state index in [1.165, 1.54) is 5.57 Å². The van der Waals surface area contributed by atoms with Crippen LogP contribution < -0.4 is 5.32 Å². The number of nitrogens with zero attached hydrogens (tertiary/aromatic N) is 2. The van der Waals surface area contributed by atoms with Crippen LogP contribution >= 0.6 is 15.9 Å². The standard InChI is InChI=1S/C20H18BrN3O/c21-16-5-3-14(4-6-16)12-19(25)24-13-17(15-7-10-22-11-8-15)20-18(24)2-1-9-23-20/h1-7,9,13,22H,8,10-12H2. The lowest BCUT2D eigenvalue weighted by Gasteiger charge is -2.12. The number of benzene rings is 1. The number of fused-ring (bicyclic) bond motifs is 1. The zero-order valence-electron chi connectivity index (χ0n) is 13.7. The summed E-state index contributed by atoms with van der Waals surface area (Å²) >= 11 is 3.43. The summed E-state index contributed by atoms with van der Waals surface area (Å²) in [5.74, 6) is 0.0566. The average molecular weight is 396 g/mol. The Kier molecular flexibility index (Phi) is 4.51. The number of pyridine rings is 1. The van der Waals surface area contributed by atoms with Crippen LogP contribution in [0.4, 0.5) is 0 Å². The van der Waals surface area contributed by atoms with Crippen molar-refractivity contribution in [3.05, 3.63) is 70.5 Å². The minimum Gasteiger partial charge on any atom is -0.313 e. The number of halogens is 1. The molecule has 2 aromatic heterocycles. The van der Waals surface area contributed by atoms with Gasteiger partial charge in [0.1, 0.15) is 0 Å². The first-order valence-corrected chi connectivity index (χ1v) is 9.15. The van der Waals surface area contributed by atoms with Crippen LogP contribution in [0.3, 0.4) is 0 Å². The van der Waals surface area contributed by atoms with Gasteiger partial charge in [-0.2, -0.15) is 0 Å². The first-order chi connectivity index (χ1) is 12.2. The number of carbonyl (C=O) groups excluding carboxylic acids is 1. The number of hydrogen-bond acceptors (Lipinski definition) is 3. The monoisotopic (exact) mass is 395 g/mol. The molecule has 3 aromatic rings. The number of rotatable bonds is 3. The topological polar surface area (TPSA) is 46.9 Å². The Morgan fingerprint density at radius 1 is 1.24 bits per heavy atom. The fraction of sp³-hybridized carbons (Fsp3) is 0.200. The number of carbonyl (C=O) groups is 1. The highest BCUT2D eigenvalue weighted by Crippen LogP contribution is 2.28. The molecule has 1 aliphatic heterocycles. The quantitative estimate of drug-likeness (QED) is 0.727. The van der Waals surface area contributed by atoms with Gasteiger partial charge in [0.2, 0.25) is 5.91 Å². The molecule has 3 heterocycles. The van der Waals surface area contributed by atoms with Crippen LogP contribution in [0.5, 0.6) is 0 Å². The summed E-state index contributed by atoms with van der Waals surface area (Å²) in [6.45, 7) is 1.82. The van der Waals surface area contributed by atoms with Crippen LogP contribution in [-0.2, 0) is 6.42 Å². The van der Waals surface area contributed by atoms with E-state index in [2.05, 4.69) is 32.3 Å². The molecule has 0 spiro atoms. The predicted molar refractivity (Wildman–Crippen MR) is 104 cm³/mol. The second-order valence-corrected chi connectivity index (χ2v) is 7.08. The minimum atomic E-state index is 0.0566. The smallest absolute Gasteiger partial charge is 0.235 e. The Bertz CT molecular complexity index is 957. The van der Waals surface area contributed by atoms with Crippen molar-refractivity contribution in [3.63, 3.8) is 0 Å². The van der Waals surface area contributed by atoms with E-state index in [0.29, 0.717) is 6.42 Å². The molecule has 1 N–H and O–H groups in total. The molecule has 1 aromatic carbocycles. The maximum atomic E-state index is 12.9. The predicted octanol–water partition coefficient (Wildman–Crippen LogP) is 4.06. The summed E-state index contributed by atoms with van der Waals surface area (Å²) in [5.41, 5.74) is 5.11. The molecule has 0 saturated heterocycles.